The molecule has 0 saturated carbocycles. The minimum absolute atomic E-state index is 0.00856. The number of anilines is 1. The van der Waals surface area contributed by atoms with Gasteiger partial charge < -0.3 is 19.7 Å². The first kappa shape index (κ1) is 17.9. The lowest BCUT2D eigenvalue weighted by Gasteiger charge is -2.18. The van der Waals surface area contributed by atoms with Crippen LogP contribution in [0.4, 0.5) is 14.9 Å². The number of benzene rings is 2. The third kappa shape index (κ3) is 5.03. The zero-order valence-corrected chi connectivity index (χ0v) is 14.1. The van der Waals surface area contributed by atoms with Crippen LogP contribution in [-0.2, 0) is 0 Å². The first-order chi connectivity index (χ1) is 11.5. The van der Waals surface area contributed by atoms with Crippen molar-refractivity contribution in [1.29, 1.82) is 0 Å². The lowest BCUT2D eigenvalue weighted by atomic mass is 10.3. The van der Waals surface area contributed by atoms with Gasteiger partial charge in [-0.25, -0.2) is 9.18 Å². The Kier molecular flexibility index (Phi) is 6.26. The Morgan fingerprint density at radius 2 is 1.88 bits per heavy atom. The molecule has 0 aliphatic heterocycles. The lowest BCUT2D eigenvalue weighted by molar-refractivity contribution is 0.207. The molecule has 24 heavy (non-hydrogen) atoms. The number of nitrogens with one attached hydrogen (secondary N) is 1. The van der Waals surface area contributed by atoms with Gasteiger partial charge in [0.1, 0.15) is 23.9 Å². The van der Waals surface area contributed by atoms with Crippen LogP contribution in [0.5, 0.6) is 11.5 Å². The Morgan fingerprint density at radius 3 is 2.50 bits per heavy atom. The number of carbonyl (C=O) groups excluding carboxylic acids is 1. The van der Waals surface area contributed by atoms with Crippen LogP contribution >= 0.6 is 11.6 Å². The van der Waals surface area contributed by atoms with Crippen molar-refractivity contribution in [2.24, 2.45) is 0 Å². The number of urea groups is 1. The maximum absolute atomic E-state index is 13.3. The van der Waals surface area contributed by atoms with Crippen molar-refractivity contribution in [2.45, 2.75) is 0 Å². The first-order valence-corrected chi connectivity index (χ1v) is 7.61. The molecule has 0 spiro atoms. The standard InChI is InChI=1S/C17H18ClFN2O3/c1-21(9-10-24-14-6-4-13(23-2)5-7-14)17(22)20-12-3-8-15(18)16(19)11-12/h3-8,11H,9-10H2,1-2H3,(H,20,22). The van der Waals surface area contributed by atoms with Gasteiger partial charge in [0.2, 0.25) is 0 Å². The number of halogens is 2. The molecule has 0 heterocycles. The van der Waals surface area contributed by atoms with Gasteiger partial charge in [0, 0.05) is 12.7 Å². The van der Waals surface area contributed by atoms with Crippen molar-refractivity contribution < 1.29 is 18.7 Å². The summed E-state index contributed by atoms with van der Waals surface area (Å²) in [4.78, 5) is 13.5. The summed E-state index contributed by atoms with van der Waals surface area (Å²) in [6.45, 7) is 0.694. The normalized spacial score (nSPS) is 10.2. The summed E-state index contributed by atoms with van der Waals surface area (Å²) in [6.07, 6.45) is 0. The monoisotopic (exact) mass is 352 g/mol. The zero-order valence-electron chi connectivity index (χ0n) is 13.4. The summed E-state index contributed by atoms with van der Waals surface area (Å²) in [5.74, 6) is 0.846. The van der Waals surface area contributed by atoms with Gasteiger partial charge in [-0.05, 0) is 42.5 Å². The van der Waals surface area contributed by atoms with E-state index in [1.165, 1.54) is 23.1 Å². The molecule has 2 aromatic rings. The predicted molar refractivity (Wildman–Crippen MR) is 91.5 cm³/mol. The molecule has 5 nitrogen and oxygen atoms in total. The molecule has 2 amide bonds. The Labute approximate surface area is 144 Å². The number of ether oxygens (including phenoxy) is 2. The molecule has 0 fully saturated rings. The Hall–Kier alpha value is -2.47. The van der Waals surface area contributed by atoms with Crippen LogP contribution in [0.2, 0.25) is 5.02 Å². The van der Waals surface area contributed by atoms with Crippen molar-refractivity contribution in [3.63, 3.8) is 0 Å². The highest BCUT2D eigenvalue weighted by atomic mass is 35.5. The summed E-state index contributed by atoms with van der Waals surface area (Å²) in [7, 11) is 3.22. The number of hydrogen-bond donors (Lipinski definition) is 1. The van der Waals surface area contributed by atoms with Crippen molar-refractivity contribution >= 4 is 23.3 Å². The fourth-order valence-corrected chi connectivity index (χ4v) is 1.98. The first-order valence-electron chi connectivity index (χ1n) is 7.23. The van der Waals surface area contributed by atoms with E-state index in [4.69, 9.17) is 21.1 Å². The molecule has 2 aromatic carbocycles. The van der Waals surface area contributed by atoms with Crippen LogP contribution in [0, 0.1) is 5.82 Å². The fourth-order valence-electron chi connectivity index (χ4n) is 1.87. The van der Waals surface area contributed by atoms with E-state index in [1.54, 1.807) is 38.4 Å². The van der Waals surface area contributed by atoms with E-state index < -0.39 is 5.82 Å². The summed E-state index contributed by atoms with van der Waals surface area (Å²) in [6, 6.07) is 10.9. The second-order valence-corrected chi connectivity index (χ2v) is 5.41. The van der Waals surface area contributed by atoms with Gasteiger partial charge in [-0.1, -0.05) is 11.6 Å². The van der Waals surface area contributed by atoms with Gasteiger partial charge >= 0.3 is 6.03 Å². The second kappa shape index (κ2) is 8.40. The highest BCUT2D eigenvalue weighted by molar-refractivity contribution is 6.30. The highest BCUT2D eigenvalue weighted by Crippen LogP contribution is 2.19. The Balaban J connectivity index is 1.79. The van der Waals surface area contributed by atoms with Crippen molar-refractivity contribution in [3.8, 4) is 11.5 Å². The number of nitrogens with zero attached hydrogens (tertiary/aromatic N) is 1. The maximum atomic E-state index is 13.3. The number of carbonyl (C=O) groups is 1. The molecule has 0 atom stereocenters. The van der Waals surface area contributed by atoms with Crippen molar-refractivity contribution in [3.05, 3.63) is 53.3 Å². The topological polar surface area (TPSA) is 50.8 Å². The van der Waals surface area contributed by atoms with E-state index >= 15 is 0 Å². The molecular formula is C17H18ClFN2O3. The Bertz CT molecular complexity index is 695. The molecule has 7 heteroatoms. The van der Waals surface area contributed by atoms with Gasteiger partial charge in [-0.2, -0.15) is 0 Å². The lowest BCUT2D eigenvalue weighted by Crippen LogP contribution is -2.34. The van der Waals surface area contributed by atoms with Crippen molar-refractivity contribution in [2.75, 3.05) is 32.6 Å². The molecule has 0 aliphatic carbocycles. The Morgan fingerprint density at radius 1 is 1.21 bits per heavy atom. The molecule has 0 unspecified atom stereocenters. The van der Waals surface area contributed by atoms with E-state index in [0.29, 0.717) is 24.6 Å². The highest BCUT2D eigenvalue weighted by Gasteiger charge is 2.10. The van der Waals surface area contributed by atoms with Gasteiger partial charge in [0.25, 0.3) is 0 Å². The fraction of sp³-hybridized carbons (Fsp3) is 0.235. The van der Waals surface area contributed by atoms with Crippen LogP contribution in [0.15, 0.2) is 42.5 Å². The number of rotatable bonds is 6. The number of likely N-dealkylation sites (N-methyl/N-ethyl adjacent to an activating group) is 1. The van der Waals surface area contributed by atoms with E-state index in [1.807, 2.05) is 0 Å². The molecule has 2 rings (SSSR count). The van der Waals surface area contributed by atoms with Crippen LogP contribution in [0.3, 0.4) is 0 Å². The van der Waals surface area contributed by atoms with Crippen LogP contribution < -0.4 is 14.8 Å². The van der Waals surface area contributed by atoms with Gasteiger partial charge in [-0.15, -0.1) is 0 Å². The van der Waals surface area contributed by atoms with Crippen LogP contribution in [-0.4, -0.2) is 38.2 Å². The molecule has 0 saturated heterocycles. The third-order valence-electron chi connectivity index (χ3n) is 3.27. The minimum Gasteiger partial charge on any atom is -0.497 e. The van der Waals surface area contributed by atoms with Gasteiger partial charge in [0.15, 0.2) is 0 Å². The molecular weight excluding hydrogens is 335 g/mol. The largest absolute Gasteiger partial charge is 0.497 e. The van der Waals surface area contributed by atoms with Crippen molar-refractivity contribution in [1.82, 2.24) is 4.90 Å². The van der Waals surface area contributed by atoms with Gasteiger partial charge in [-0.3, -0.25) is 0 Å². The molecule has 0 radical (unpaired) electrons. The van der Waals surface area contributed by atoms with E-state index in [-0.39, 0.29) is 11.1 Å². The van der Waals surface area contributed by atoms with Crippen LogP contribution in [0.25, 0.3) is 0 Å². The molecule has 0 aromatic heterocycles. The average molecular weight is 353 g/mol. The van der Waals surface area contributed by atoms with E-state index in [9.17, 15) is 9.18 Å². The second-order valence-electron chi connectivity index (χ2n) is 5.00. The predicted octanol–water partition coefficient (Wildman–Crippen LogP) is 4.03. The summed E-state index contributed by atoms with van der Waals surface area (Å²) < 4.78 is 24.0. The molecule has 0 aliphatic rings. The van der Waals surface area contributed by atoms with E-state index in [2.05, 4.69) is 5.32 Å². The molecule has 0 bridgehead atoms. The SMILES string of the molecule is COc1ccc(OCCN(C)C(=O)Nc2ccc(Cl)c(F)c2)cc1. The van der Waals surface area contributed by atoms with Crippen LogP contribution in [0.1, 0.15) is 0 Å². The smallest absolute Gasteiger partial charge is 0.321 e. The summed E-state index contributed by atoms with van der Waals surface area (Å²) in [5, 5.41) is 2.60. The third-order valence-corrected chi connectivity index (χ3v) is 3.58. The summed E-state index contributed by atoms with van der Waals surface area (Å²) >= 11 is 5.60. The quantitative estimate of drug-likeness (QED) is 0.854. The van der Waals surface area contributed by atoms with E-state index in [0.717, 1.165) is 5.75 Å². The maximum Gasteiger partial charge on any atom is 0.321 e. The average Bonchev–Trinajstić information content (AvgIpc) is 2.58. The number of hydrogen-bond acceptors (Lipinski definition) is 3. The number of methoxy groups -OCH3 is 1. The number of amides is 2. The molecule has 1 N–H and O–H groups in total. The minimum atomic E-state index is -0.583. The molecule has 128 valence electrons. The zero-order chi connectivity index (χ0) is 17.5. The summed E-state index contributed by atoms with van der Waals surface area (Å²) in [5.41, 5.74) is 0.338. The van der Waals surface area contributed by atoms with Gasteiger partial charge in [0.05, 0.1) is 18.7 Å².